The Hall–Kier alpha value is -0.990. The van der Waals surface area contributed by atoms with Crippen molar-refractivity contribution in [2.45, 2.75) is 6.29 Å². The lowest BCUT2D eigenvalue weighted by molar-refractivity contribution is -0.128. The van der Waals surface area contributed by atoms with E-state index < -0.39 is 6.29 Å². The number of carbonyl (C=O) groups is 1. The third-order valence-electron chi connectivity index (χ3n) is 0.592. The van der Waals surface area contributed by atoms with Crippen LogP contribution in [0.3, 0.4) is 0 Å². The van der Waals surface area contributed by atoms with Gasteiger partial charge in [-0.2, -0.15) is 0 Å². The molecule has 38 valence electrons. The molecule has 1 aliphatic heterocycles. The van der Waals surface area contributed by atoms with Gasteiger partial charge in [-0.1, -0.05) is 0 Å². The summed E-state index contributed by atoms with van der Waals surface area (Å²) in [5.74, 6) is 0. The highest BCUT2D eigenvalue weighted by Crippen LogP contribution is 1.99. The van der Waals surface area contributed by atoms with Crippen LogP contribution < -0.4 is 0 Å². The average molecular weight is 100 g/mol. The Kier molecular flexibility index (Phi) is 0.978. The molecule has 0 radical (unpaired) electrons. The SMILES string of the molecule is O=CC1OC=CO1. The van der Waals surface area contributed by atoms with Crippen molar-refractivity contribution in [1.82, 2.24) is 0 Å². The molecule has 0 atom stereocenters. The molecule has 0 bridgehead atoms. The molecule has 0 aromatic rings. The lowest BCUT2D eigenvalue weighted by Crippen LogP contribution is -2.07. The van der Waals surface area contributed by atoms with E-state index in [0.717, 1.165) is 0 Å². The molecular weight excluding hydrogens is 96.0 g/mol. The van der Waals surface area contributed by atoms with Gasteiger partial charge in [0.2, 0.25) is 6.29 Å². The van der Waals surface area contributed by atoms with Crippen molar-refractivity contribution in [1.29, 1.82) is 0 Å². The summed E-state index contributed by atoms with van der Waals surface area (Å²) in [7, 11) is 0. The van der Waals surface area contributed by atoms with Crippen LogP contribution in [0.5, 0.6) is 0 Å². The summed E-state index contributed by atoms with van der Waals surface area (Å²) in [5, 5.41) is 0. The van der Waals surface area contributed by atoms with E-state index in [9.17, 15) is 4.79 Å². The minimum atomic E-state index is -0.694. The van der Waals surface area contributed by atoms with E-state index >= 15 is 0 Å². The Morgan fingerprint density at radius 3 is 2.29 bits per heavy atom. The minimum absolute atomic E-state index is 0.583. The van der Waals surface area contributed by atoms with Gasteiger partial charge in [0.05, 0.1) is 0 Å². The van der Waals surface area contributed by atoms with E-state index in [1.165, 1.54) is 12.5 Å². The van der Waals surface area contributed by atoms with Crippen LogP contribution in [-0.2, 0) is 14.3 Å². The summed E-state index contributed by atoms with van der Waals surface area (Å²) in [6.07, 6.45) is 2.55. The largest absolute Gasteiger partial charge is 0.453 e. The predicted octanol–water partition coefficient (Wildman–Crippen LogP) is 0.0294. The summed E-state index contributed by atoms with van der Waals surface area (Å²) in [6.45, 7) is 0. The Labute approximate surface area is 40.5 Å². The molecule has 1 heterocycles. The number of rotatable bonds is 1. The van der Waals surface area contributed by atoms with Crippen molar-refractivity contribution >= 4 is 6.29 Å². The van der Waals surface area contributed by atoms with Crippen LogP contribution >= 0.6 is 0 Å². The lowest BCUT2D eigenvalue weighted by atomic mass is 10.7. The Morgan fingerprint density at radius 1 is 1.43 bits per heavy atom. The normalized spacial score (nSPS) is 18.3. The van der Waals surface area contributed by atoms with Crippen molar-refractivity contribution in [3.8, 4) is 0 Å². The van der Waals surface area contributed by atoms with E-state index in [1.54, 1.807) is 0 Å². The van der Waals surface area contributed by atoms with Gasteiger partial charge in [0.15, 0.2) is 0 Å². The molecular formula is C4H4O3. The van der Waals surface area contributed by atoms with Crippen molar-refractivity contribution in [2.75, 3.05) is 0 Å². The summed E-state index contributed by atoms with van der Waals surface area (Å²) in [6, 6.07) is 0. The molecule has 0 aromatic carbocycles. The van der Waals surface area contributed by atoms with Crippen LogP contribution in [-0.4, -0.2) is 12.6 Å². The first-order valence-corrected chi connectivity index (χ1v) is 1.85. The Bertz CT molecular complexity index is 89.1. The first-order chi connectivity index (χ1) is 3.43. The fourth-order valence-electron chi connectivity index (χ4n) is 0.315. The molecule has 0 unspecified atom stereocenters. The highest BCUT2D eigenvalue weighted by molar-refractivity contribution is 5.54. The molecule has 1 aliphatic rings. The van der Waals surface area contributed by atoms with Gasteiger partial charge in [0, 0.05) is 0 Å². The van der Waals surface area contributed by atoms with Crippen LogP contribution in [0.15, 0.2) is 12.5 Å². The molecule has 0 aliphatic carbocycles. The van der Waals surface area contributed by atoms with Gasteiger partial charge in [0.1, 0.15) is 12.5 Å². The smallest absolute Gasteiger partial charge is 0.296 e. The fourth-order valence-corrected chi connectivity index (χ4v) is 0.315. The van der Waals surface area contributed by atoms with Crippen LogP contribution in [0, 0.1) is 0 Å². The zero-order chi connectivity index (χ0) is 5.11. The Morgan fingerprint density at radius 2 is 2.00 bits per heavy atom. The zero-order valence-electron chi connectivity index (χ0n) is 3.53. The number of carbonyl (C=O) groups excluding carboxylic acids is 1. The third kappa shape index (κ3) is 0.707. The third-order valence-corrected chi connectivity index (χ3v) is 0.592. The summed E-state index contributed by atoms with van der Waals surface area (Å²) in [4.78, 5) is 9.72. The molecule has 0 aromatic heterocycles. The maximum Gasteiger partial charge on any atom is 0.296 e. The summed E-state index contributed by atoms with van der Waals surface area (Å²) >= 11 is 0. The molecule has 0 spiro atoms. The standard InChI is InChI=1S/C4H4O3/c5-3-4-6-1-2-7-4/h1-4H. The van der Waals surface area contributed by atoms with Crippen LogP contribution in [0.2, 0.25) is 0 Å². The van der Waals surface area contributed by atoms with Crippen molar-refractivity contribution in [3.05, 3.63) is 12.5 Å². The average Bonchev–Trinajstić information content (AvgIpc) is 2.14. The first kappa shape index (κ1) is 4.18. The van der Waals surface area contributed by atoms with Gasteiger partial charge in [-0.05, 0) is 0 Å². The lowest BCUT2D eigenvalue weighted by Gasteiger charge is -1.97. The molecule has 0 saturated carbocycles. The quantitative estimate of drug-likeness (QED) is 0.436. The highest BCUT2D eigenvalue weighted by Gasteiger charge is 2.07. The molecule has 0 saturated heterocycles. The van der Waals surface area contributed by atoms with Crippen molar-refractivity contribution in [2.24, 2.45) is 0 Å². The zero-order valence-corrected chi connectivity index (χ0v) is 3.53. The number of aldehydes is 1. The maximum absolute atomic E-state index is 9.72. The van der Waals surface area contributed by atoms with Crippen molar-refractivity contribution < 1.29 is 14.3 Å². The maximum atomic E-state index is 9.72. The predicted molar refractivity (Wildman–Crippen MR) is 21.2 cm³/mol. The number of hydrogen-bond donors (Lipinski definition) is 0. The molecule has 7 heavy (non-hydrogen) atoms. The first-order valence-electron chi connectivity index (χ1n) is 1.85. The second kappa shape index (κ2) is 1.64. The second-order valence-electron chi connectivity index (χ2n) is 1.05. The highest BCUT2D eigenvalue weighted by atomic mass is 16.7. The molecule has 3 nitrogen and oxygen atoms in total. The van der Waals surface area contributed by atoms with Crippen LogP contribution in [0.1, 0.15) is 0 Å². The van der Waals surface area contributed by atoms with Gasteiger partial charge in [-0.25, -0.2) is 0 Å². The number of ether oxygens (including phenoxy) is 2. The topological polar surface area (TPSA) is 35.5 Å². The van der Waals surface area contributed by atoms with Crippen LogP contribution in [0.4, 0.5) is 0 Å². The molecule has 3 heteroatoms. The van der Waals surface area contributed by atoms with E-state index in [0.29, 0.717) is 6.29 Å². The van der Waals surface area contributed by atoms with Gasteiger partial charge < -0.3 is 9.47 Å². The molecule has 0 N–H and O–H groups in total. The van der Waals surface area contributed by atoms with Gasteiger partial charge in [-0.15, -0.1) is 0 Å². The summed E-state index contributed by atoms with van der Waals surface area (Å²) in [5.41, 5.74) is 0. The summed E-state index contributed by atoms with van der Waals surface area (Å²) < 4.78 is 9.06. The second-order valence-corrected chi connectivity index (χ2v) is 1.05. The van der Waals surface area contributed by atoms with E-state index in [4.69, 9.17) is 0 Å². The monoisotopic (exact) mass is 100 g/mol. The van der Waals surface area contributed by atoms with Gasteiger partial charge >= 0.3 is 0 Å². The van der Waals surface area contributed by atoms with E-state index in [1.807, 2.05) is 0 Å². The van der Waals surface area contributed by atoms with Crippen LogP contribution in [0.25, 0.3) is 0 Å². The van der Waals surface area contributed by atoms with Gasteiger partial charge in [-0.3, -0.25) is 4.79 Å². The molecule has 1 rings (SSSR count). The minimum Gasteiger partial charge on any atom is -0.453 e. The molecule has 0 fully saturated rings. The van der Waals surface area contributed by atoms with Crippen molar-refractivity contribution in [3.63, 3.8) is 0 Å². The molecule has 0 amide bonds. The Balaban J connectivity index is 2.35. The number of hydrogen-bond acceptors (Lipinski definition) is 3. The van der Waals surface area contributed by atoms with E-state index in [2.05, 4.69) is 9.47 Å². The van der Waals surface area contributed by atoms with E-state index in [-0.39, 0.29) is 0 Å². The van der Waals surface area contributed by atoms with Gasteiger partial charge in [0.25, 0.3) is 6.29 Å². The fraction of sp³-hybridized carbons (Fsp3) is 0.250.